The van der Waals surface area contributed by atoms with Crippen LogP contribution in [0, 0.1) is 0 Å². The van der Waals surface area contributed by atoms with Crippen LogP contribution in [0.1, 0.15) is 50.7 Å². The summed E-state index contributed by atoms with van der Waals surface area (Å²) in [7, 11) is 3.94. The van der Waals surface area contributed by atoms with Crippen LogP contribution >= 0.6 is 0 Å². The average Bonchev–Trinajstić information content (AvgIpc) is 3.26. The molecule has 0 atom stereocenters. The molecule has 1 aliphatic rings. The van der Waals surface area contributed by atoms with E-state index in [2.05, 4.69) is 80.4 Å². The Kier molecular flexibility index (Phi) is 10.6. The van der Waals surface area contributed by atoms with Gasteiger partial charge < -0.3 is 35.7 Å². The molecule has 0 spiro atoms. The Bertz CT molecular complexity index is 1380. The third kappa shape index (κ3) is 7.02. The summed E-state index contributed by atoms with van der Waals surface area (Å²) in [5, 5.41) is 15.9. The largest absolute Gasteiger partial charge is 0.496 e. The lowest BCUT2D eigenvalue weighted by Gasteiger charge is -2.29. The van der Waals surface area contributed by atoms with E-state index in [0.717, 1.165) is 78.1 Å². The number of methoxy groups -OCH3 is 1. The van der Waals surface area contributed by atoms with Gasteiger partial charge in [0.05, 0.1) is 19.2 Å². The number of para-hydroxylation sites is 1. The molecule has 9 heteroatoms. The first-order valence-corrected chi connectivity index (χ1v) is 14.5. The number of fused-ring (bicyclic) bond motifs is 3. The molecule has 1 fully saturated rings. The van der Waals surface area contributed by atoms with E-state index in [-0.39, 0.29) is 12.6 Å². The van der Waals surface area contributed by atoms with Gasteiger partial charge in [-0.15, -0.1) is 0 Å². The molecule has 2 aromatic heterocycles. The second-order valence-corrected chi connectivity index (χ2v) is 10.4. The van der Waals surface area contributed by atoms with Crippen LogP contribution in [0.4, 0.5) is 11.8 Å². The molecule has 40 heavy (non-hydrogen) atoms. The van der Waals surface area contributed by atoms with E-state index in [1.54, 1.807) is 14.0 Å². The Balaban J connectivity index is 0.00000118. The summed E-state index contributed by atoms with van der Waals surface area (Å²) in [6, 6.07) is 15.4. The first kappa shape index (κ1) is 29.6. The monoisotopic (exact) mass is 547 g/mol. The highest BCUT2D eigenvalue weighted by Crippen LogP contribution is 2.34. The van der Waals surface area contributed by atoms with Crippen molar-refractivity contribution in [2.45, 2.75) is 58.7 Å². The molecule has 0 aliphatic carbocycles. The van der Waals surface area contributed by atoms with Crippen LogP contribution < -0.4 is 21.1 Å². The van der Waals surface area contributed by atoms with Gasteiger partial charge in [-0.2, -0.15) is 4.98 Å². The summed E-state index contributed by atoms with van der Waals surface area (Å²) in [5.74, 6) is 1.95. The van der Waals surface area contributed by atoms with Crippen molar-refractivity contribution in [2.75, 3.05) is 51.4 Å². The smallest absolute Gasteiger partial charge is 0.222 e. The molecule has 216 valence electrons. The molecule has 4 aromatic rings. The lowest BCUT2D eigenvalue weighted by molar-refractivity contribution is 0.234. The number of hydrogen-bond donors (Lipinski definition) is 4. The van der Waals surface area contributed by atoms with Gasteiger partial charge in [-0.05, 0) is 70.1 Å². The fourth-order valence-corrected chi connectivity index (χ4v) is 5.33. The minimum absolute atomic E-state index is 0.250. The Labute approximate surface area is 237 Å². The number of benzene rings is 2. The number of anilines is 2. The highest BCUT2D eigenvalue weighted by Gasteiger charge is 2.20. The number of nitrogens with zero attached hydrogens (tertiary/aromatic N) is 4. The third-order valence-corrected chi connectivity index (χ3v) is 7.43. The predicted octanol–water partition coefficient (Wildman–Crippen LogP) is 4.62. The van der Waals surface area contributed by atoms with E-state index >= 15 is 0 Å². The molecule has 0 saturated carbocycles. The van der Waals surface area contributed by atoms with E-state index in [1.165, 1.54) is 18.4 Å². The van der Waals surface area contributed by atoms with Gasteiger partial charge in [-0.25, -0.2) is 4.98 Å². The molecule has 3 heterocycles. The van der Waals surface area contributed by atoms with Crippen molar-refractivity contribution in [2.24, 2.45) is 0 Å². The lowest BCUT2D eigenvalue weighted by atomic mass is 10.0. The fraction of sp³-hybridized carbons (Fsp3) is 0.484. The minimum Gasteiger partial charge on any atom is -0.496 e. The van der Waals surface area contributed by atoms with Gasteiger partial charge in [0.15, 0.2) is 5.82 Å². The number of unbranched alkanes of at least 4 members (excludes halogenated alkanes) is 1. The summed E-state index contributed by atoms with van der Waals surface area (Å²) < 4.78 is 8.10. The van der Waals surface area contributed by atoms with Crippen molar-refractivity contribution in [1.82, 2.24) is 24.8 Å². The quantitative estimate of drug-likeness (QED) is 0.213. The SMILES string of the molecule is CCCCNc1nc(N)nc2c3ccccc3n(Cc3cc(CNC4CCN(C)CC4)ccc3OC)c12.CCO. The van der Waals surface area contributed by atoms with Crippen molar-refractivity contribution in [3.05, 3.63) is 53.6 Å². The summed E-state index contributed by atoms with van der Waals surface area (Å²) in [4.78, 5) is 11.7. The van der Waals surface area contributed by atoms with E-state index in [0.29, 0.717) is 12.6 Å². The number of aliphatic hydroxyl groups excluding tert-OH is 1. The van der Waals surface area contributed by atoms with E-state index in [1.807, 2.05) is 6.07 Å². The third-order valence-electron chi connectivity index (χ3n) is 7.43. The second kappa shape index (κ2) is 14.3. The van der Waals surface area contributed by atoms with Gasteiger partial charge in [0, 0.05) is 36.7 Å². The number of nitrogen functional groups attached to an aromatic ring is 1. The molecular formula is C31H45N7O2. The van der Waals surface area contributed by atoms with Gasteiger partial charge >= 0.3 is 0 Å². The topological polar surface area (TPSA) is 113 Å². The minimum atomic E-state index is 0.250. The Morgan fingerprint density at radius 1 is 1.10 bits per heavy atom. The molecule has 0 radical (unpaired) electrons. The Hall–Kier alpha value is -3.40. The molecule has 5 rings (SSSR count). The normalized spacial score (nSPS) is 14.3. The van der Waals surface area contributed by atoms with Crippen molar-refractivity contribution in [3.8, 4) is 5.75 Å². The van der Waals surface area contributed by atoms with Gasteiger partial charge in [-0.3, -0.25) is 0 Å². The summed E-state index contributed by atoms with van der Waals surface area (Å²) in [5.41, 5.74) is 11.5. The standard InChI is InChI=1S/C29H39N7O.C2H6O/c1-4-5-14-31-28-27-26(33-29(30)34-28)23-8-6-7-9-24(23)36(27)19-21-17-20(10-11-25(21)37-3)18-32-22-12-15-35(2)16-13-22;1-2-3/h6-11,17,22,32H,4-5,12-16,18-19H2,1-3H3,(H3,30,31,33,34);3H,2H2,1H3. The van der Waals surface area contributed by atoms with Crippen molar-refractivity contribution < 1.29 is 9.84 Å². The van der Waals surface area contributed by atoms with Crippen molar-refractivity contribution in [3.63, 3.8) is 0 Å². The summed E-state index contributed by atoms with van der Waals surface area (Å²) in [6.45, 7) is 8.75. The molecule has 1 saturated heterocycles. The molecule has 0 bridgehead atoms. The van der Waals surface area contributed by atoms with Crippen LogP contribution in [-0.2, 0) is 13.1 Å². The zero-order valence-electron chi connectivity index (χ0n) is 24.4. The van der Waals surface area contributed by atoms with Crippen molar-refractivity contribution in [1.29, 1.82) is 0 Å². The van der Waals surface area contributed by atoms with Gasteiger partial charge in [-0.1, -0.05) is 37.6 Å². The van der Waals surface area contributed by atoms with Crippen LogP contribution in [0.2, 0.25) is 0 Å². The fourth-order valence-electron chi connectivity index (χ4n) is 5.33. The van der Waals surface area contributed by atoms with Crippen LogP contribution in [0.5, 0.6) is 5.75 Å². The van der Waals surface area contributed by atoms with Gasteiger partial charge in [0.2, 0.25) is 5.95 Å². The molecule has 0 amide bonds. The van der Waals surface area contributed by atoms with E-state index in [4.69, 9.17) is 15.6 Å². The molecule has 2 aromatic carbocycles. The second-order valence-electron chi connectivity index (χ2n) is 10.4. The van der Waals surface area contributed by atoms with E-state index in [9.17, 15) is 0 Å². The maximum atomic E-state index is 7.57. The Morgan fingerprint density at radius 2 is 1.85 bits per heavy atom. The number of rotatable bonds is 10. The highest BCUT2D eigenvalue weighted by molar-refractivity contribution is 6.09. The highest BCUT2D eigenvalue weighted by atomic mass is 16.5. The number of hydrogen-bond acceptors (Lipinski definition) is 8. The first-order valence-electron chi connectivity index (χ1n) is 14.5. The number of aromatic nitrogens is 3. The summed E-state index contributed by atoms with van der Waals surface area (Å²) in [6.07, 6.45) is 4.55. The zero-order chi connectivity index (χ0) is 28.5. The van der Waals surface area contributed by atoms with Crippen LogP contribution in [-0.4, -0.2) is 71.0 Å². The number of piperidine rings is 1. The number of aliphatic hydroxyl groups is 1. The lowest BCUT2D eigenvalue weighted by Crippen LogP contribution is -2.40. The molecule has 5 N–H and O–H groups in total. The summed E-state index contributed by atoms with van der Waals surface area (Å²) >= 11 is 0. The molecule has 0 unspecified atom stereocenters. The number of likely N-dealkylation sites (tertiary alicyclic amines) is 1. The van der Waals surface area contributed by atoms with Crippen LogP contribution in [0.15, 0.2) is 42.5 Å². The van der Waals surface area contributed by atoms with Crippen LogP contribution in [0.3, 0.4) is 0 Å². The molecular weight excluding hydrogens is 502 g/mol. The maximum Gasteiger partial charge on any atom is 0.222 e. The van der Waals surface area contributed by atoms with Crippen LogP contribution in [0.25, 0.3) is 21.9 Å². The molecule has 1 aliphatic heterocycles. The maximum absolute atomic E-state index is 7.57. The number of ether oxygens (including phenoxy) is 1. The number of nitrogens with one attached hydrogen (secondary N) is 2. The number of nitrogens with two attached hydrogens (primary N) is 1. The average molecular weight is 548 g/mol. The zero-order valence-corrected chi connectivity index (χ0v) is 24.4. The van der Waals surface area contributed by atoms with Gasteiger partial charge in [0.25, 0.3) is 0 Å². The predicted molar refractivity (Wildman–Crippen MR) is 165 cm³/mol. The molecule has 9 nitrogen and oxygen atoms in total. The van der Waals surface area contributed by atoms with Crippen molar-refractivity contribution >= 4 is 33.7 Å². The van der Waals surface area contributed by atoms with Gasteiger partial charge in [0.1, 0.15) is 16.8 Å². The first-order chi connectivity index (χ1) is 19.5. The van der Waals surface area contributed by atoms with E-state index < -0.39 is 0 Å². The Morgan fingerprint density at radius 3 is 2.58 bits per heavy atom.